The zero-order chi connectivity index (χ0) is 14.8. The first-order valence-corrected chi connectivity index (χ1v) is 7.91. The third-order valence-electron chi connectivity index (χ3n) is 4.70. The van der Waals surface area contributed by atoms with E-state index < -0.39 is 0 Å². The highest BCUT2D eigenvalue weighted by atomic mass is 35.5. The van der Waals surface area contributed by atoms with E-state index in [1.54, 1.807) is 6.07 Å². The van der Waals surface area contributed by atoms with E-state index >= 15 is 0 Å². The Morgan fingerprint density at radius 1 is 1.36 bits per heavy atom. The van der Waals surface area contributed by atoms with Crippen molar-refractivity contribution < 1.29 is 9.18 Å². The molecule has 2 aliphatic heterocycles. The molecule has 3 unspecified atom stereocenters. The zero-order valence-corrected chi connectivity index (χ0v) is 13.7. The minimum absolute atomic E-state index is 0. The Labute approximate surface area is 137 Å². The molecule has 2 fully saturated rings. The van der Waals surface area contributed by atoms with Crippen LogP contribution in [0.3, 0.4) is 0 Å². The van der Waals surface area contributed by atoms with Crippen LogP contribution >= 0.6 is 12.4 Å². The maximum atomic E-state index is 13.2. The predicted molar refractivity (Wildman–Crippen MR) is 87.6 cm³/mol. The number of halogens is 2. The van der Waals surface area contributed by atoms with Crippen molar-refractivity contribution in [2.24, 2.45) is 5.92 Å². The molecule has 2 N–H and O–H groups in total. The lowest BCUT2D eigenvalue weighted by Crippen LogP contribution is -2.49. The fourth-order valence-electron chi connectivity index (χ4n) is 3.63. The lowest BCUT2D eigenvalue weighted by molar-refractivity contribution is -0.125. The van der Waals surface area contributed by atoms with Crippen LogP contribution in [0.5, 0.6) is 0 Å². The van der Waals surface area contributed by atoms with E-state index in [9.17, 15) is 9.18 Å². The molecule has 0 spiro atoms. The number of carbonyl (C=O) groups is 1. The molecule has 2 saturated heterocycles. The lowest BCUT2D eigenvalue weighted by Gasteiger charge is -2.30. The maximum Gasteiger partial charge on any atom is 0.223 e. The minimum Gasteiger partial charge on any atom is -0.353 e. The molecule has 122 valence electrons. The first-order valence-electron chi connectivity index (χ1n) is 7.91. The van der Waals surface area contributed by atoms with Crippen molar-refractivity contribution in [3.63, 3.8) is 0 Å². The molecule has 2 aliphatic rings. The van der Waals surface area contributed by atoms with Gasteiger partial charge in [-0.05, 0) is 49.8 Å². The van der Waals surface area contributed by atoms with Gasteiger partial charge in [0.15, 0.2) is 0 Å². The fraction of sp³-hybridized carbons (Fsp3) is 0.588. The van der Waals surface area contributed by atoms with E-state index in [4.69, 9.17) is 0 Å². The van der Waals surface area contributed by atoms with Crippen LogP contribution in [0.25, 0.3) is 0 Å². The van der Waals surface area contributed by atoms with Gasteiger partial charge in [-0.3, -0.25) is 4.79 Å². The number of benzene rings is 1. The van der Waals surface area contributed by atoms with Crippen molar-refractivity contribution in [3.05, 3.63) is 35.6 Å². The topological polar surface area (TPSA) is 41.1 Å². The molecule has 3 nitrogen and oxygen atoms in total. The van der Waals surface area contributed by atoms with Crippen LogP contribution in [0.1, 0.15) is 38.2 Å². The van der Waals surface area contributed by atoms with E-state index in [0.29, 0.717) is 24.5 Å². The first kappa shape index (κ1) is 17.2. The summed E-state index contributed by atoms with van der Waals surface area (Å²) in [6.45, 7) is 1.91. The minimum atomic E-state index is -0.241. The van der Waals surface area contributed by atoms with Crippen molar-refractivity contribution in [1.29, 1.82) is 0 Å². The van der Waals surface area contributed by atoms with Crippen molar-refractivity contribution in [1.82, 2.24) is 10.6 Å². The van der Waals surface area contributed by atoms with Gasteiger partial charge >= 0.3 is 0 Å². The SMILES string of the molecule is CC(Cc1cccc(F)c1)C(=O)NC1CC2CCC(C1)N2.Cl. The van der Waals surface area contributed by atoms with Crippen LogP contribution < -0.4 is 10.6 Å². The van der Waals surface area contributed by atoms with Crippen molar-refractivity contribution >= 4 is 18.3 Å². The average molecular weight is 327 g/mol. The summed E-state index contributed by atoms with van der Waals surface area (Å²) in [5.74, 6) is -0.278. The van der Waals surface area contributed by atoms with Gasteiger partial charge in [0.25, 0.3) is 0 Å². The Morgan fingerprint density at radius 3 is 2.68 bits per heavy atom. The predicted octanol–water partition coefficient (Wildman–Crippen LogP) is 2.83. The van der Waals surface area contributed by atoms with E-state index in [2.05, 4.69) is 10.6 Å². The second-order valence-corrected chi connectivity index (χ2v) is 6.55. The summed E-state index contributed by atoms with van der Waals surface area (Å²) in [4.78, 5) is 12.3. The molecule has 1 aromatic rings. The van der Waals surface area contributed by atoms with Gasteiger partial charge in [-0.1, -0.05) is 19.1 Å². The molecule has 5 heteroatoms. The maximum absolute atomic E-state index is 13.2. The van der Waals surface area contributed by atoms with Gasteiger partial charge in [-0.2, -0.15) is 0 Å². The number of hydrogen-bond donors (Lipinski definition) is 2. The van der Waals surface area contributed by atoms with Crippen LogP contribution in [-0.4, -0.2) is 24.0 Å². The molecule has 0 aliphatic carbocycles. The summed E-state index contributed by atoms with van der Waals surface area (Å²) in [6.07, 6.45) is 5.12. The summed E-state index contributed by atoms with van der Waals surface area (Å²) in [5.41, 5.74) is 0.878. The second kappa shape index (κ2) is 7.42. The Morgan fingerprint density at radius 2 is 2.05 bits per heavy atom. The summed E-state index contributed by atoms with van der Waals surface area (Å²) >= 11 is 0. The van der Waals surface area contributed by atoms with Crippen molar-refractivity contribution in [2.45, 2.75) is 57.2 Å². The van der Waals surface area contributed by atoms with Crippen LogP contribution in [0.4, 0.5) is 4.39 Å². The average Bonchev–Trinajstić information content (AvgIpc) is 2.78. The van der Waals surface area contributed by atoms with Gasteiger partial charge in [0.2, 0.25) is 5.91 Å². The van der Waals surface area contributed by atoms with E-state index in [-0.39, 0.29) is 30.0 Å². The van der Waals surface area contributed by atoms with Gasteiger partial charge in [-0.15, -0.1) is 12.4 Å². The second-order valence-electron chi connectivity index (χ2n) is 6.55. The monoisotopic (exact) mass is 326 g/mol. The number of amides is 1. The standard InChI is InChI=1S/C17H23FN2O.ClH/c1-11(7-12-3-2-4-13(18)8-12)17(21)20-16-9-14-5-6-15(10-16)19-14;/h2-4,8,11,14-16,19H,5-7,9-10H2,1H3,(H,20,21);1H. The fourth-order valence-corrected chi connectivity index (χ4v) is 3.63. The first-order chi connectivity index (χ1) is 10.1. The highest BCUT2D eigenvalue weighted by molar-refractivity contribution is 5.85. The van der Waals surface area contributed by atoms with E-state index in [1.165, 1.54) is 25.0 Å². The molecule has 22 heavy (non-hydrogen) atoms. The normalized spacial score (nSPS) is 27.8. The van der Waals surface area contributed by atoms with Crippen LogP contribution in [0.2, 0.25) is 0 Å². The number of hydrogen-bond acceptors (Lipinski definition) is 2. The Bertz CT molecular complexity index is 513. The molecule has 1 aromatic carbocycles. The zero-order valence-electron chi connectivity index (χ0n) is 12.8. The van der Waals surface area contributed by atoms with Crippen molar-refractivity contribution in [3.8, 4) is 0 Å². The molecular weight excluding hydrogens is 303 g/mol. The lowest BCUT2D eigenvalue weighted by atomic mass is 9.96. The Kier molecular flexibility index (Phi) is 5.81. The van der Waals surface area contributed by atoms with Gasteiger partial charge in [0.1, 0.15) is 5.82 Å². The molecule has 0 saturated carbocycles. The summed E-state index contributed by atoms with van der Waals surface area (Å²) < 4.78 is 13.2. The third kappa shape index (κ3) is 4.20. The van der Waals surface area contributed by atoms with Gasteiger partial charge in [-0.25, -0.2) is 4.39 Å². The number of rotatable bonds is 4. The van der Waals surface area contributed by atoms with Gasteiger partial charge in [0, 0.05) is 24.0 Å². The van der Waals surface area contributed by atoms with Crippen LogP contribution in [0, 0.1) is 11.7 Å². The van der Waals surface area contributed by atoms with E-state index in [0.717, 1.165) is 18.4 Å². The molecular formula is C17H24ClFN2O. The number of carbonyl (C=O) groups excluding carboxylic acids is 1. The van der Waals surface area contributed by atoms with Crippen LogP contribution in [-0.2, 0) is 11.2 Å². The summed E-state index contributed by atoms with van der Waals surface area (Å²) in [6, 6.07) is 7.96. The van der Waals surface area contributed by atoms with E-state index in [1.807, 2.05) is 13.0 Å². The quantitative estimate of drug-likeness (QED) is 0.893. The van der Waals surface area contributed by atoms with Gasteiger partial charge < -0.3 is 10.6 Å². The van der Waals surface area contributed by atoms with Gasteiger partial charge in [0.05, 0.1) is 0 Å². The largest absolute Gasteiger partial charge is 0.353 e. The molecule has 3 atom stereocenters. The smallest absolute Gasteiger partial charge is 0.223 e. The van der Waals surface area contributed by atoms with Crippen LogP contribution in [0.15, 0.2) is 24.3 Å². The highest BCUT2D eigenvalue weighted by Crippen LogP contribution is 2.27. The van der Waals surface area contributed by atoms with Crippen molar-refractivity contribution in [2.75, 3.05) is 0 Å². The summed E-state index contributed by atoms with van der Waals surface area (Å²) in [7, 11) is 0. The molecule has 2 bridgehead atoms. The molecule has 0 radical (unpaired) electrons. The highest BCUT2D eigenvalue weighted by Gasteiger charge is 2.34. The summed E-state index contributed by atoms with van der Waals surface area (Å²) in [5, 5.41) is 6.76. The molecule has 3 rings (SSSR count). The number of nitrogens with one attached hydrogen (secondary N) is 2. The molecule has 2 heterocycles. The molecule has 0 aromatic heterocycles. The third-order valence-corrected chi connectivity index (χ3v) is 4.70. The Hall–Kier alpha value is -1.13. The Balaban J connectivity index is 0.00000176. The number of fused-ring (bicyclic) bond motifs is 2. The molecule has 1 amide bonds. The number of piperidine rings is 1.